The second-order valence-electron chi connectivity index (χ2n) is 2.84. The lowest BCUT2D eigenvalue weighted by Crippen LogP contribution is -1.91. The van der Waals surface area contributed by atoms with Crippen LogP contribution in [0.15, 0.2) is 12.7 Å². The number of rotatable bonds is 8. The van der Waals surface area contributed by atoms with Crippen molar-refractivity contribution < 1.29 is 4.43 Å². The van der Waals surface area contributed by atoms with Gasteiger partial charge in [-0.25, -0.2) is 0 Å². The van der Waals surface area contributed by atoms with Crippen LogP contribution in [-0.2, 0) is 4.43 Å². The molecular weight excluding hydrogens is 152 g/mol. The van der Waals surface area contributed by atoms with Gasteiger partial charge in [0.1, 0.15) is 0 Å². The van der Waals surface area contributed by atoms with E-state index >= 15 is 0 Å². The first-order valence-electron chi connectivity index (χ1n) is 4.51. The van der Waals surface area contributed by atoms with Crippen LogP contribution in [0.2, 0.25) is 6.04 Å². The van der Waals surface area contributed by atoms with Crippen LogP contribution in [0.5, 0.6) is 0 Å². The molecule has 0 aliphatic carbocycles. The lowest BCUT2D eigenvalue weighted by atomic mass is 10.1. The fourth-order valence-corrected chi connectivity index (χ4v) is 1.91. The quantitative estimate of drug-likeness (QED) is 0.310. The first-order chi connectivity index (χ1) is 5.41. The topological polar surface area (TPSA) is 9.23 Å². The van der Waals surface area contributed by atoms with Crippen LogP contribution in [0.1, 0.15) is 32.1 Å². The molecule has 0 saturated heterocycles. The largest absolute Gasteiger partial charge is 0.427 e. The van der Waals surface area contributed by atoms with Gasteiger partial charge in [0, 0.05) is 7.11 Å². The van der Waals surface area contributed by atoms with Crippen molar-refractivity contribution in [2.45, 2.75) is 38.1 Å². The van der Waals surface area contributed by atoms with Crippen molar-refractivity contribution >= 4 is 9.76 Å². The summed E-state index contributed by atoms with van der Waals surface area (Å²) in [7, 11) is 1.69. The molecule has 0 radical (unpaired) electrons. The first kappa shape index (κ1) is 10.9. The molecule has 0 aromatic carbocycles. The normalized spacial score (nSPS) is 11.0. The molecule has 0 aliphatic rings. The molecule has 0 unspecified atom stereocenters. The van der Waals surface area contributed by atoms with Gasteiger partial charge in [0.25, 0.3) is 0 Å². The smallest absolute Gasteiger partial charge is 0.161 e. The molecule has 0 fully saturated rings. The Morgan fingerprint density at radius 3 is 2.64 bits per heavy atom. The van der Waals surface area contributed by atoms with E-state index in [1.807, 2.05) is 13.2 Å². The third kappa shape index (κ3) is 9.92. The van der Waals surface area contributed by atoms with E-state index in [1.165, 1.54) is 38.1 Å². The predicted molar refractivity (Wildman–Crippen MR) is 53.6 cm³/mol. The van der Waals surface area contributed by atoms with E-state index in [9.17, 15) is 0 Å². The fraction of sp³-hybridized carbons (Fsp3) is 0.778. The van der Waals surface area contributed by atoms with Gasteiger partial charge in [-0.3, -0.25) is 0 Å². The molecule has 0 aliphatic heterocycles. The van der Waals surface area contributed by atoms with Crippen LogP contribution in [0, 0.1) is 0 Å². The van der Waals surface area contributed by atoms with E-state index in [2.05, 4.69) is 6.58 Å². The van der Waals surface area contributed by atoms with Crippen molar-refractivity contribution in [2.75, 3.05) is 7.11 Å². The fourth-order valence-electron chi connectivity index (χ4n) is 1.07. The van der Waals surface area contributed by atoms with Gasteiger partial charge in [-0.05, 0) is 18.9 Å². The van der Waals surface area contributed by atoms with Crippen molar-refractivity contribution in [1.82, 2.24) is 0 Å². The minimum Gasteiger partial charge on any atom is -0.427 e. The third-order valence-corrected chi connectivity index (χ3v) is 2.95. The van der Waals surface area contributed by atoms with Crippen LogP contribution >= 0.6 is 0 Å². The van der Waals surface area contributed by atoms with Gasteiger partial charge in [-0.2, -0.15) is 0 Å². The molecule has 0 heterocycles. The van der Waals surface area contributed by atoms with Crippen molar-refractivity contribution in [3.8, 4) is 0 Å². The zero-order valence-electron chi connectivity index (χ0n) is 7.64. The van der Waals surface area contributed by atoms with Crippen molar-refractivity contribution in [2.24, 2.45) is 0 Å². The van der Waals surface area contributed by atoms with Crippen molar-refractivity contribution in [1.29, 1.82) is 0 Å². The molecule has 0 N–H and O–H groups in total. The van der Waals surface area contributed by atoms with Crippen molar-refractivity contribution in [3.63, 3.8) is 0 Å². The summed E-state index contributed by atoms with van der Waals surface area (Å²) in [5, 5.41) is 0. The summed E-state index contributed by atoms with van der Waals surface area (Å²) < 4.78 is 5.09. The summed E-state index contributed by atoms with van der Waals surface area (Å²) in [4.78, 5) is 0. The van der Waals surface area contributed by atoms with Crippen LogP contribution in [-0.4, -0.2) is 16.9 Å². The van der Waals surface area contributed by atoms with E-state index < -0.39 is 0 Å². The predicted octanol–water partition coefficient (Wildman–Crippen LogP) is 2.27. The molecule has 66 valence electrons. The zero-order chi connectivity index (χ0) is 8.36. The maximum absolute atomic E-state index is 5.09. The maximum Gasteiger partial charge on any atom is 0.161 e. The number of allylic oxidation sites excluding steroid dienone is 1. The molecule has 0 rings (SSSR count). The van der Waals surface area contributed by atoms with Crippen LogP contribution in [0.3, 0.4) is 0 Å². The Balaban J connectivity index is 2.74. The SMILES string of the molecule is C=CCCCCCC[SiH2]OC. The number of hydrogen-bond donors (Lipinski definition) is 0. The Morgan fingerprint density at radius 2 is 2.00 bits per heavy atom. The summed E-state index contributed by atoms with van der Waals surface area (Å²) in [5.41, 5.74) is 0. The zero-order valence-corrected chi connectivity index (χ0v) is 9.06. The highest BCUT2D eigenvalue weighted by molar-refractivity contribution is 6.26. The monoisotopic (exact) mass is 172 g/mol. The lowest BCUT2D eigenvalue weighted by Gasteiger charge is -1.98. The molecule has 2 heteroatoms. The Morgan fingerprint density at radius 1 is 1.27 bits per heavy atom. The number of unbranched alkanes of at least 4 members (excludes halogenated alkanes) is 4. The average Bonchev–Trinajstić information content (AvgIpc) is 2.03. The minimum absolute atomic E-state index is 0.138. The summed E-state index contributed by atoms with van der Waals surface area (Å²) in [6.07, 6.45) is 8.62. The highest BCUT2D eigenvalue weighted by Crippen LogP contribution is 2.05. The Kier molecular flexibility index (Phi) is 9.84. The maximum atomic E-state index is 5.09. The van der Waals surface area contributed by atoms with E-state index in [1.54, 1.807) is 0 Å². The molecule has 0 aromatic rings. The van der Waals surface area contributed by atoms with Gasteiger partial charge in [0.2, 0.25) is 0 Å². The highest BCUT2D eigenvalue weighted by Gasteiger charge is 1.89. The molecule has 11 heavy (non-hydrogen) atoms. The second kappa shape index (κ2) is 9.92. The average molecular weight is 172 g/mol. The van der Waals surface area contributed by atoms with Crippen LogP contribution in [0.25, 0.3) is 0 Å². The van der Waals surface area contributed by atoms with Gasteiger partial charge in [-0.15, -0.1) is 6.58 Å². The third-order valence-electron chi connectivity index (χ3n) is 1.76. The van der Waals surface area contributed by atoms with Crippen LogP contribution < -0.4 is 0 Å². The minimum atomic E-state index is -0.138. The molecule has 0 atom stereocenters. The molecule has 0 saturated carbocycles. The molecule has 1 nitrogen and oxygen atoms in total. The second-order valence-corrected chi connectivity index (χ2v) is 4.53. The molecule has 0 bridgehead atoms. The van der Waals surface area contributed by atoms with Gasteiger partial charge >= 0.3 is 0 Å². The number of hydrogen-bond acceptors (Lipinski definition) is 1. The first-order valence-corrected chi connectivity index (χ1v) is 6.09. The van der Waals surface area contributed by atoms with Gasteiger partial charge in [-0.1, -0.05) is 25.3 Å². The summed E-state index contributed by atoms with van der Waals surface area (Å²) >= 11 is 0. The Labute approximate surface area is 72.8 Å². The van der Waals surface area contributed by atoms with E-state index in [4.69, 9.17) is 4.43 Å². The summed E-state index contributed by atoms with van der Waals surface area (Å²) in [5.74, 6) is 0. The molecular formula is C9H20OSi. The van der Waals surface area contributed by atoms with Crippen molar-refractivity contribution in [3.05, 3.63) is 12.7 Å². The van der Waals surface area contributed by atoms with Gasteiger partial charge in [0.05, 0.1) is 0 Å². The Bertz CT molecular complexity index is 83.6. The standard InChI is InChI=1S/C9H20OSi/c1-3-4-5-6-7-8-9-11-10-2/h3H,1,4-9,11H2,2H3. The Hall–Kier alpha value is -0.0831. The lowest BCUT2D eigenvalue weighted by molar-refractivity contribution is 0.438. The van der Waals surface area contributed by atoms with Gasteiger partial charge in [0.15, 0.2) is 9.76 Å². The highest BCUT2D eigenvalue weighted by atomic mass is 28.2. The van der Waals surface area contributed by atoms with E-state index in [-0.39, 0.29) is 9.76 Å². The molecule has 0 aromatic heterocycles. The van der Waals surface area contributed by atoms with E-state index in [0.29, 0.717) is 0 Å². The summed E-state index contributed by atoms with van der Waals surface area (Å²) in [6.45, 7) is 3.69. The van der Waals surface area contributed by atoms with Gasteiger partial charge < -0.3 is 4.43 Å². The summed E-state index contributed by atoms with van der Waals surface area (Å²) in [6, 6.07) is 1.35. The molecule has 0 spiro atoms. The van der Waals surface area contributed by atoms with E-state index in [0.717, 1.165) is 0 Å². The molecule has 0 amide bonds. The van der Waals surface area contributed by atoms with Crippen LogP contribution in [0.4, 0.5) is 0 Å².